The summed E-state index contributed by atoms with van der Waals surface area (Å²) in [7, 11) is 0. The highest BCUT2D eigenvalue weighted by Gasteiger charge is 2.51. The van der Waals surface area contributed by atoms with Crippen molar-refractivity contribution in [2.24, 2.45) is 10.8 Å². The fourth-order valence-corrected chi connectivity index (χ4v) is 6.05. The lowest BCUT2D eigenvalue weighted by molar-refractivity contribution is 0.0706. The molecule has 0 N–H and O–H groups in total. The number of rotatable bonds is 2. The summed E-state index contributed by atoms with van der Waals surface area (Å²) in [5, 5.41) is 0.510. The second-order valence-corrected chi connectivity index (χ2v) is 10.0. The van der Waals surface area contributed by atoms with Gasteiger partial charge in [-0.05, 0) is 43.1 Å². The molecule has 1 amide bonds. The van der Waals surface area contributed by atoms with E-state index in [1.807, 2.05) is 22.5 Å². The first-order chi connectivity index (χ1) is 13.7. The van der Waals surface area contributed by atoms with Crippen molar-refractivity contribution < 1.29 is 14.3 Å². The summed E-state index contributed by atoms with van der Waals surface area (Å²) in [5.41, 5.74) is 1.16. The predicted octanol–water partition coefficient (Wildman–Crippen LogP) is 3.79. The van der Waals surface area contributed by atoms with E-state index in [4.69, 9.17) is 9.47 Å². The molecule has 2 aromatic rings. The van der Waals surface area contributed by atoms with E-state index in [1.165, 1.54) is 0 Å². The molecule has 1 aromatic carbocycles. The summed E-state index contributed by atoms with van der Waals surface area (Å²) in [6.07, 6.45) is 4.85. The first-order valence-electron chi connectivity index (χ1n) is 10.5. The van der Waals surface area contributed by atoms with Gasteiger partial charge in [0.2, 0.25) is 12.2 Å². The largest absolute Gasteiger partial charge is 0.454 e. The molecule has 2 fully saturated rings. The van der Waals surface area contributed by atoms with Crippen molar-refractivity contribution >= 4 is 16.8 Å². The minimum atomic E-state index is -0.223. The van der Waals surface area contributed by atoms with Gasteiger partial charge < -0.3 is 18.9 Å². The van der Waals surface area contributed by atoms with Gasteiger partial charge >= 0.3 is 0 Å². The molecular formula is C23H28N2O4. The number of carbonyl (C=O) groups excluding carboxylic acids is 1. The molecule has 0 radical (unpaired) electrons. The molecular weight excluding hydrogens is 368 g/mol. The maximum absolute atomic E-state index is 13.6. The Hall–Kier alpha value is -2.50. The van der Waals surface area contributed by atoms with Gasteiger partial charge in [-0.25, -0.2) is 0 Å². The minimum absolute atomic E-state index is 0.134. The fourth-order valence-electron chi connectivity index (χ4n) is 6.05. The van der Waals surface area contributed by atoms with Gasteiger partial charge in [0, 0.05) is 31.4 Å². The van der Waals surface area contributed by atoms with Gasteiger partial charge in [0.15, 0.2) is 11.5 Å². The van der Waals surface area contributed by atoms with E-state index in [2.05, 4.69) is 20.8 Å². The topological polar surface area (TPSA) is 60.8 Å². The quantitative estimate of drug-likeness (QED) is 0.775. The van der Waals surface area contributed by atoms with Crippen LogP contribution >= 0.6 is 0 Å². The van der Waals surface area contributed by atoms with Gasteiger partial charge in [0.05, 0.1) is 10.9 Å². The second kappa shape index (κ2) is 6.00. The highest BCUT2D eigenvalue weighted by Crippen LogP contribution is 2.52. The van der Waals surface area contributed by atoms with Gasteiger partial charge in [0.25, 0.3) is 5.91 Å². The molecule has 2 bridgehead atoms. The molecule has 5 rings (SSSR count). The maximum Gasteiger partial charge on any atom is 0.259 e. The van der Waals surface area contributed by atoms with Crippen molar-refractivity contribution in [2.45, 2.75) is 59.5 Å². The summed E-state index contributed by atoms with van der Waals surface area (Å²) >= 11 is 0. The predicted molar refractivity (Wildman–Crippen MR) is 111 cm³/mol. The number of likely N-dealkylation sites (tertiary alicyclic amines) is 1. The van der Waals surface area contributed by atoms with Crippen LogP contribution in [0.2, 0.25) is 0 Å². The lowest BCUT2D eigenvalue weighted by Gasteiger charge is -2.39. The minimum Gasteiger partial charge on any atom is -0.454 e. The molecule has 1 aromatic heterocycles. The summed E-state index contributed by atoms with van der Waals surface area (Å²) in [6, 6.07) is 3.76. The molecule has 3 heterocycles. The van der Waals surface area contributed by atoms with Crippen LogP contribution < -0.4 is 14.9 Å². The number of aromatic nitrogens is 1. The van der Waals surface area contributed by atoms with Crippen molar-refractivity contribution in [3.05, 3.63) is 34.1 Å². The zero-order chi connectivity index (χ0) is 20.6. The molecule has 2 atom stereocenters. The molecule has 1 saturated heterocycles. The Bertz CT molecular complexity index is 1090. The van der Waals surface area contributed by atoms with Gasteiger partial charge in [-0.3, -0.25) is 9.59 Å². The number of amides is 1. The number of carbonyl (C=O) groups is 1. The number of nitrogens with zero attached hydrogens (tertiary/aromatic N) is 2. The van der Waals surface area contributed by atoms with E-state index in [9.17, 15) is 9.59 Å². The van der Waals surface area contributed by atoms with E-state index in [1.54, 1.807) is 12.3 Å². The van der Waals surface area contributed by atoms with Crippen LogP contribution in [-0.2, 0) is 6.54 Å². The Morgan fingerprint density at radius 1 is 1.17 bits per heavy atom. The highest BCUT2D eigenvalue weighted by atomic mass is 16.7. The number of aryl methyl sites for hydroxylation is 1. The molecule has 29 heavy (non-hydrogen) atoms. The van der Waals surface area contributed by atoms with Crippen LogP contribution in [0.1, 0.15) is 57.3 Å². The van der Waals surface area contributed by atoms with E-state index >= 15 is 0 Å². The van der Waals surface area contributed by atoms with Crippen LogP contribution in [0.4, 0.5) is 0 Å². The number of ether oxygens (including phenoxy) is 2. The van der Waals surface area contributed by atoms with Crippen LogP contribution in [-0.4, -0.2) is 34.8 Å². The Morgan fingerprint density at radius 2 is 1.90 bits per heavy atom. The third kappa shape index (κ3) is 2.83. The lowest BCUT2D eigenvalue weighted by Crippen LogP contribution is -2.39. The molecule has 0 unspecified atom stereocenters. The fraction of sp³-hybridized carbons (Fsp3) is 0.565. The Morgan fingerprint density at radius 3 is 2.62 bits per heavy atom. The molecule has 6 nitrogen and oxygen atoms in total. The molecule has 1 aliphatic carbocycles. The Labute approximate surface area is 170 Å². The number of hydrogen-bond donors (Lipinski definition) is 0. The second-order valence-electron chi connectivity index (χ2n) is 10.0. The zero-order valence-electron chi connectivity index (χ0n) is 17.6. The van der Waals surface area contributed by atoms with E-state index in [0.29, 0.717) is 23.4 Å². The standard InChI is InChI=1S/C23H28N2O4/c1-5-24-10-16(20(26)15-6-18-19(7-17(15)24)29-13-28-18)21(27)25-12-23(4)9-14(25)8-22(2,3)11-23/h6-7,10,14H,5,8-9,11-13H2,1-4H3/t14-,23+/m1/s1. The van der Waals surface area contributed by atoms with Crippen LogP contribution in [0.3, 0.4) is 0 Å². The summed E-state index contributed by atoms with van der Waals surface area (Å²) in [4.78, 5) is 28.9. The van der Waals surface area contributed by atoms with Crippen LogP contribution in [0.5, 0.6) is 11.5 Å². The lowest BCUT2D eigenvalue weighted by atomic mass is 9.65. The van der Waals surface area contributed by atoms with Gasteiger partial charge in [0.1, 0.15) is 5.56 Å². The van der Waals surface area contributed by atoms with E-state index in [0.717, 1.165) is 31.3 Å². The van der Waals surface area contributed by atoms with Gasteiger partial charge in [-0.15, -0.1) is 0 Å². The SMILES string of the molecule is CCn1cc(C(=O)N2C[C@@]3(C)C[C@H]2CC(C)(C)C3)c(=O)c2cc3c(cc21)OCO3. The van der Waals surface area contributed by atoms with Crippen molar-refractivity contribution in [1.29, 1.82) is 0 Å². The average molecular weight is 396 g/mol. The first kappa shape index (κ1) is 18.5. The molecule has 6 heteroatoms. The molecule has 3 aliphatic rings. The molecule has 2 aliphatic heterocycles. The highest BCUT2D eigenvalue weighted by molar-refractivity contribution is 5.98. The normalized spacial score (nSPS) is 26.9. The van der Waals surface area contributed by atoms with Crippen molar-refractivity contribution in [2.75, 3.05) is 13.3 Å². The molecule has 0 spiro atoms. The third-order valence-corrected chi connectivity index (χ3v) is 6.82. The summed E-state index contributed by atoms with van der Waals surface area (Å²) in [5.74, 6) is 1.07. The Balaban J connectivity index is 1.60. The Kier molecular flexibility index (Phi) is 3.83. The smallest absolute Gasteiger partial charge is 0.259 e. The zero-order valence-corrected chi connectivity index (χ0v) is 17.6. The number of hydrogen-bond acceptors (Lipinski definition) is 4. The maximum atomic E-state index is 13.6. The molecule has 154 valence electrons. The third-order valence-electron chi connectivity index (χ3n) is 6.82. The van der Waals surface area contributed by atoms with Crippen molar-refractivity contribution in [1.82, 2.24) is 9.47 Å². The van der Waals surface area contributed by atoms with Gasteiger partial charge in [-0.1, -0.05) is 20.8 Å². The monoisotopic (exact) mass is 396 g/mol. The van der Waals surface area contributed by atoms with Crippen molar-refractivity contribution in [3.8, 4) is 11.5 Å². The summed E-state index contributed by atoms with van der Waals surface area (Å²) < 4.78 is 12.9. The van der Waals surface area contributed by atoms with Crippen LogP contribution in [0, 0.1) is 10.8 Å². The van der Waals surface area contributed by atoms with Crippen molar-refractivity contribution in [3.63, 3.8) is 0 Å². The molecule has 1 saturated carbocycles. The average Bonchev–Trinajstić information content (AvgIpc) is 3.20. The first-order valence-corrected chi connectivity index (χ1v) is 10.5. The van der Waals surface area contributed by atoms with Crippen LogP contribution in [0.25, 0.3) is 10.9 Å². The van der Waals surface area contributed by atoms with E-state index < -0.39 is 0 Å². The number of fused-ring (bicyclic) bond motifs is 4. The van der Waals surface area contributed by atoms with Gasteiger partial charge in [-0.2, -0.15) is 0 Å². The number of pyridine rings is 1. The van der Waals surface area contributed by atoms with Crippen LogP contribution in [0.15, 0.2) is 23.1 Å². The summed E-state index contributed by atoms with van der Waals surface area (Å²) in [6.45, 7) is 10.4. The van der Waals surface area contributed by atoms with E-state index in [-0.39, 0.29) is 40.6 Å². The number of benzene rings is 1.